The first kappa shape index (κ1) is 18.9. The van der Waals surface area contributed by atoms with E-state index < -0.39 is 23.5 Å². The monoisotopic (exact) mass is 388 g/mol. The van der Waals surface area contributed by atoms with Crippen LogP contribution in [0.1, 0.15) is 11.1 Å². The fourth-order valence-electron chi connectivity index (χ4n) is 2.93. The van der Waals surface area contributed by atoms with Crippen molar-refractivity contribution in [1.29, 1.82) is 0 Å². The molecule has 0 atom stereocenters. The second-order valence-corrected chi connectivity index (χ2v) is 6.06. The van der Waals surface area contributed by atoms with E-state index in [9.17, 15) is 31.4 Å². The molecule has 3 nitrogen and oxygen atoms in total. The number of hydrogen-bond acceptors (Lipinski definition) is 3. The highest BCUT2D eigenvalue weighted by Gasteiger charge is 2.37. The van der Waals surface area contributed by atoms with E-state index in [2.05, 4.69) is 0 Å². The molecule has 2 aromatic carbocycles. The number of aliphatic hydroxyl groups is 1. The fraction of sp³-hybridized carbons (Fsp3) is 0.222. The molecule has 3 rings (SSSR count). The third-order valence-corrected chi connectivity index (χ3v) is 4.12. The minimum Gasteiger partial charge on any atom is -0.509 e. The molecule has 1 aliphatic rings. The highest BCUT2D eigenvalue weighted by molar-refractivity contribution is 5.82. The second kappa shape index (κ2) is 6.40. The Balaban J connectivity index is 2.28. The maximum Gasteiger partial charge on any atom is 0.418 e. The van der Waals surface area contributed by atoms with Gasteiger partial charge in [-0.3, -0.25) is 0 Å². The first-order valence-corrected chi connectivity index (χ1v) is 7.76. The van der Waals surface area contributed by atoms with Crippen LogP contribution in [0.25, 0.3) is 0 Å². The SMILES string of the molecule is CN1CC(O)=CN(c2ccccc2C(F)(F)F)c2cc(C(F)(F)F)ccc21. The average Bonchev–Trinajstić information content (AvgIpc) is 2.69. The van der Waals surface area contributed by atoms with Gasteiger partial charge in [0.15, 0.2) is 0 Å². The van der Waals surface area contributed by atoms with Crippen LogP contribution < -0.4 is 9.80 Å². The van der Waals surface area contributed by atoms with Crippen molar-refractivity contribution in [3.8, 4) is 0 Å². The number of anilines is 3. The molecule has 1 aliphatic heterocycles. The van der Waals surface area contributed by atoms with Gasteiger partial charge in [0.2, 0.25) is 0 Å². The number of rotatable bonds is 1. The van der Waals surface area contributed by atoms with Gasteiger partial charge in [0.05, 0.1) is 34.7 Å². The molecule has 9 heteroatoms. The Bertz CT molecular complexity index is 888. The standard InChI is InChI=1S/C18H14F6N2O/c1-25-9-12(27)10-26(14-5-3-2-4-13(14)18(22,23)24)16-8-11(17(19,20)21)6-7-15(16)25/h2-8,10,27H,9H2,1H3. The maximum absolute atomic E-state index is 13.4. The van der Waals surface area contributed by atoms with Crippen LogP contribution >= 0.6 is 0 Å². The second-order valence-electron chi connectivity index (χ2n) is 6.06. The third kappa shape index (κ3) is 3.67. The van der Waals surface area contributed by atoms with E-state index in [0.29, 0.717) is 0 Å². The molecule has 2 aromatic rings. The van der Waals surface area contributed by atoms with Crippen molar-refractivity contribution >= 4 is 17.1 Å². The Kier molecular flexibility index (Phi) is 4.49. The summed E-state index contributed by atoms with van der Waals surface area (Å²) in [5, 5.41) is 10.1. The quantitative estimate of drug-likeness (QED) is 0.634. The van der Waals surface area contributed by atoms with Crippen LogP contribution in [-0.2, 0) is 12.4 Å². The van der Waals surface area contributed by atoms with Gasteiger partial charge >= 0.3 is 12.4 Å². The zero-order chi connectivity index (χ0) is 20.0. The summed E-state index contributed by atoms with van der Waals surface area (Å²) in [7, 11) is 1.52. The Hall–Kier alpha value is -2.84. The van der Waals surface area contributed by atoms with Crippen molar-refractivity contribution in [1.82, 2.24) is 0 Å². The molecule has 0 saturated heterocycles. The van der Waals surface area contributed by atoms with Crippen LogP contribution in [0.15, 0.2) is 54.4 Å². The van der Waals surface area contributed by atoms with Gasteiger partial charge < -0.3 is 14.9 Å². The summed E-state index contributed by atoms with van der Waals surface area (Å²) in [6.07, 6.45) is -8.38. The summed E-state index contributed by atoms with van der Waals surface area (Å²) < 4.78 is 79.7. The van der Waals surface area contributed by atoms with Gasteiger partial charge in [-0.1, -0.05) is 12.1 Å². The van der Waals surface area contributed by atoms with Crippen LogP contribution in [0.2, 0.25) is 0 Å². The molecule has 0 aromatic heterocycles. The average molecular weight is 388 g/mol. The third-order valence-electron chi connectivity index (χ3n) is 4.12. The molecule has 0 saturated carbocycles. The van der Waals surface area contributed by atoms with Crippen molar-refractivity contribution in [2.24, 2.45) is 0 Å². The molecule has 0 radical (unpaired) electrons. The van der Waals surface area contributed by atoms with Crippen molar-refractivity contribution in [2.75, 3.05) is 23.4 Å². The number of hydrogen-bond donors (Lipinski definition) is 1. The first-order chi connectivity index (χ1) is 12.5. The van der Waals surface area contributed by atoms with E-state index in [1.54, 1.807) is 0 Å². The molecule has 1 heterocycles. The summed E-state index contributed by atoms with van der Waals surface area (Å²) >= 11 is 0. The molecule has 0 spiro atoms. The minimum absolute atomic E-state index is 0.0664. The lowest BCUT2D eigenvalue weighted by Crippen LogP contribution is -2.20. The van der Waals surface area contributed by atoms with Crippen molar-refractivity contribution in [2.45, 2.75) is 12.4 Å². The Labute approximate surface area is 150 Å². The molecule has 1 N–H and O–H groups in total. The van der Waals surface area contributed by atoms with Crippen LogP contribution in [0.4, 0.5) is 43.4 Å². The van der Waals surface area contributed by atoms with Crippen LogP contribution in [0.3, 0.4) is 0 Å². The van der Waals surface area contributed by atoms with E-state index in [-0.39, 0.29) is 29.4 Å². The molecule has 0 fully saturated rings. The predicted octanol–water partition coefficient (Wildman–Crippen LogP) is 5.71. The van der Waals surface area contributed by atoms with E-state index >= 15 is 0 Å². The fourth-order valence-corrected chi connectivity index (χ4v) is 2.93. The first-order valence-electron chi connectivity index (χ1n) is 7.76. The number of benzene rings is 2. The van der Waals surface area contributed by atoms with Crippen LogP contribution in [-0.4, -0.2) is 18.7 Å². The van der Waals surface area contributed by atoms with Crippen molar-refractivity contribution in [3.63, 3.8) is 0 Å². The summed E-state index contributed by atoms with van der Waals surface area (Å²) in [5.74, 6) is -0.292. The Morgan fingerprint density at radius 3 is 2.15 bits per heavy atom. The topological polar surface area (TPSA) is 26.7 Å². The molecule has 144 valence electrons. The number of likely N-dealkylation sites (N-methyl/N-ethyl adjacent to an activating group) is 1. The maximum atomic E-state index is 13.4. The Morgan fingerprint density at radius 2 is 1.52 bits per heavy atom. The lowest BCUT2D eigenvalue weighted by Gasteiger charge is -2.27. The normalized spacial score (nSPS) is 15.3. The number of aliphatic hydroxyl groups excluding tert-OH is 1. The molecule has 27 heavy (non-hydrogen) atoms. The zero-order valence-corrected chi connectivity index (χ0v) is 13.9. The minimum atomic E-state index is -4.72. The van der Waals surface area contributed by atoms with Gasteiger partial charge in [-0.2, -0.15) is 26.3 Å². The molecule has 0 unspecified atom stereocenters. The Morgan fingerprint density at radius 1 is 0.852 bits per heavy atom. The number of fused-ring (bicyclic) bond motifs is 1. The van der Waals surface area contributed by atoms with Crippen molar-refractivity contribution in [3.05, 3.63) is 65.6 Å². The number of para-hydroxylation sites is 1. The van der Waals surface area contributed by atoms with Crippen LogP contribution in [0, 0.1) is 0 Å². The summed E-state index contributed by atoms with van der Waals surface area (Å²) in [5.41, 5.74) is -2.28. The van der Waals surface area contributed by atoms with Gasteiger partial charge in [0.1, 0.15) is 5.76 Å². The number of halogens is 6. The van der Waals surface area contributed by atoms with Crippen molar-refractivity contribution < 1.29 is 31.4 Å². The summed E-state index contributed by atoms with van der Waals surface area (Å²) in [6.45, 7) is -0.0664. The van der Waals surface area contributed by atoms with Gasteiger partial charge in [0, 0.05) is 13.2 Å². The molecular formula is C18H14F6N2O. The highest BCUT2D eigenvalue weighted by atomic mass is 19.4. The highest BCUT2D eigenvalue weighted by Crippen LogP contribution is 2.45. The smallest absolute Gasteiger partial charge is 0.418 e. The van der Waals surface area contributed by atoms with Crippen LogP contribution in [0.5, 0.6) is 0 Å². The predicted molar refractivity (Wildman–Crippen MR) is 89.0 cm³/mol. The lowest BCUT2D eigenvalue weighted by atomic mass is 10.1. The molecular weight excluding hydrogens is 374 g/mol. The van der Waals surface area contributed by atoms with E-state index in [4.69, 9.17) is 0 Å². The number of nitrogens with zero attached hydrogens (tertiary/aromatic N) is 2. The van der Waals surface area contributed by atoms with E-state index in [0.717, 1.165) is 35.4 Å². The lowest BCUT2D eigenvalue weighted by molar-refractivity contribution is -0.138. The molecule has 0 amide bonds. The van der Waals surface area contributed by atoms with Gasteiger partial charge in [-0.25, -0.2) is 0 Å². The molecule has 0 aliphatic carbocycles. The molecule has 0 bridgehead atoms. The summed E-state index contributed by atoms with van der Waals surface area (Å²) in [6, 6.07) is 7.31. The summed E-state index contributed by atoms with van der Waals surface area (Å²) in [4.78, 5) is 2.39. The van der Waals surface area contributed by atoms with E-state index in [1.807, 2.05) is 0 Å². The van der Waals surface area contributed by atoms with Gasteiger partial charge in [-0.15, -0.1) is 0 Å². The largest absolute Gasteiger partial charge is 0.509 e. The number of alkyl halides is 6. The zero-order valence-electron chi connectivity index (χ0n) is 13.9. The van der Waals surface area contributed by atoms with Gasteiger partial charge in [-0.05, 0) is 30.3 Å². The van der Waals surface area contributed by atoms with Gasteiger partial charge in [0.25, 0.3) is 0 Å². The van der Waals surface area contributed by atoms with E-state index in [1.165, 1.54) is 30.1 Å².